The van der Waals surface area contributed by atoms with Crippen LogP contribution in [0.5, 0.6) is 0 Å². The Labute approximate surface area is 190 Å². The van der Waals surface area contributed by atoms with Crippen LogP contribution in [0.2, 0.25) is 5.02 Å². The summed E-state index contributed by atoms with van der Waals surface area (Å²) >= 11 is 5.69. The van der Waals surface area contributed by atoms with E-state index in [1.165, 1.54) is 18.6 Å². The molecule has 2 N–H and O–H groups in total. The molecule has 32 heavy (non-hydrogen) atoms. The number of anilines is 1. The lowest BCUT2D eigenvalue weighted by Crippen LogP contribution is -2.33. The molecule has 0 radical (unpaired) electrons. The van der Waals surface area contributed by atoms with Gasteiger partial charge in [-0.3, -0.25) is 14.5 Å². The van der Waals surface area contributed by atoms with E-state index in [2.05, 4.69) is 20.3 Å². The number of carbonyl (C=O) groups excluding carboxylic acids is 3. The second-order valence-corrected chi connectivity index (χ2v) is 7.98. The molecule has 1 fully saturated rings. The van der Waals surface area contributed by atoms with Crippen molar-refractivity contribution in [3.8, 4) is 0 Å². The third kappa shape index (κ3) is 6.27. The summed E-state index contributed by atoms with van der Waals surface area (Å²) in [7, 11) is 1.14. The molecule has 0 saturated carbocycles. The van der Waals surface area contributed by atoms with Crippen LogP contribution in [0.1, 0.15) is 40.7 Å². The maximum Gasteiger partial charge on any atom is 0.396 e. The number of hydrogen-bond donors (Lipinski definition) is 2. The summed E-state index contributed by atoms with van der Waals surface area (Å²) in [5, 5.41) is 5.18. The predicted molar refractivity (Wildman–Crippen MR) is 119 cm³/mol. The monoisotopic (exact) mass is 461 g/mol. The first-order chi connectivity index (χ1) is 15.4. The van der Waals surface area contributed by atoms with Gasteiger partial charge < -0.3 is 15.4 Å². The number of likely N-dealkylation sites (tertiary alicyclic amines) is 1. The van der Waals surface area contributed by atoms with Crippen LogP contribution in [0.15, 0.2) is 36.4 Å². The molecule has 1 heterocycles. The molecule has 9 heteroatoms. The van der Waals surface area contributed by atoms with E-state index in [1.807, 2.05) is 0 Å². The van der Waals surface area contributed by atoms with Gasteiger partial charge in [0.25, 0.3) is 5.91 Å². The Morgan fingerprint density at radius 2 is 1.81 bits per heavy atom. The third-order valence-electron chi connectivity index (χ3n) is 5.30. The molecule has 0 bridgehead atoms. The van der Waals surface area contributed by atoms with E-state index in [-0.39, 0.29) is 11.6 Å². The topological polar surface area (TPSA) is 87.7 Å². The summed E-state index contributed by atoms with van der Waals surface area (Å²) in [5.41, 5.74) is 2.35. The van der Waals surface area contributed by atoms with Crippen LogP contribution in [-0.2, 0) is 27.4 Å². The van der Waals surface area contributed by atoms with Gasteiger partial charge in [-0.2, -0.15) is 0 Å². The molecular formula is C23H25ClFN3O4. The molecule has 3 rings (SSSR count). The number of methoxy groups -OCH3 is 1. The molecular weight excluding hydrogens is 437 g/mol. The highest BCUT2D eigenvalue weighted by Crippen LogP contribution is 2.21. The minimum atomic E-state index is -0.964. The lowest BCUT2D eigenvalue weighted by molar-refractivity contribution is -0.152. The van der Waals surface area contributed by atoms with E-state index >= 15 is 0 Å². The number of esters is 1. The van der Waals surface area contributed by atoms with Crippen molar-refractivity contribution in [1.82, 2.24) is 10.2 Å². The van der Waals surface area contributed by atoms with Crippen LogP contribution >= 0.6 is 11.6 Å². The smallest absolute Gasteiger partial charge is 0.396 e. The quantitative estimate of drug-likeness (QED) is 0.507. The van der Waals surface area contributed by atoms with Gasteiger partial charge in [-0.25, -0.2) is 9.18 Å². The number of piperidine rings is 1. The van der Waals surface area contributed by atoms with Gasteiger partial charge in [0, 0.05) is 24.3 Å². The summed E-state index contributed by atoms with van der Waals surface area (Å²) in [4.78, 5) is 38.2. The van der Waals surface area contributed by atoms with Crippen LogP contribution in [0.4, 0.5) is 10.1 Å². The molecule has 0 spiro atoms. The average molecular weight is 462 g/mol. The number of nitrogens with one attached hydrogen (secondary N) is 2. The zero-order valence-electron chi connectivity index (χ0n) is 17.7. The lowest BCUT2D eigenvalue weighted by atomic mass is 10.0. The van der Waals surface area contributed by atoms with Crippen molar-refractivity contribution in [1.29, 1.82) is 0 Å². The molecule has 7 nitrogen and oxygen atoms in total. The molecule has 0 atom stereocenters. The van der Waals surface area contributed by atoms with E-state index in [4.69, 9.17) is 11.6 Å². The van der Waals surface area contributed by atoms with E-state index in [0.29, 0.717) is 17.8 Å². The Morgan fingerprint density at radius 3 is 2.50 bits per heavy atom. The molecule has 1 aliphatic rings. The van der Waals surface area contributed by atoms with Crippen molar-refractivity contribution in [2.45, 2.75) is 32.4 Å². The van der Waals surface area contributed by atoms with Gasteiger partial charge in [0.1, 0.15) is 5.82 Å². The number of hydrogen-bond acceptors (Lipinski definition) is 5. The van der Waals surface area contributed by atoms with Gasteiger partial charge in [-0.15, -0.1) is 0 Å². The minimum Gasteiger partial charge on any atom is -0.462 e. The summed E-state index contributed by atoms with van der Waals surface area (Å²) in [6.07, 6.45) is 3.41. The predicted octanol–water partition coefficient (Wildman–Crippen LogP) is 3.51. The SMILES string of the molecule is COC(=O)C(=O)NCc1ccc(C(=O)Nc2ccc(Cl)c(F)c2)cc1CN1CCCCC1. The first-order valence-corrected chi connectivity index (χ1v) is 10.7. The number of carbonyl (C=O) groups is 3. The zero-order valence-corrected chi connectivity index (χ0v) is 18.5. The Bertz CT molecular complexity index is 1010. The second kappa shape index (κ2) is 11.1. The maximum absolute atomic E-state index is 13.7. The molecule has 1 aliphatic heterocycles. The van der Waals surface area contributed by atoms with E-state index in [9.17, 15) is 18.8 Å². The second-order valence-electron chi connectivity index (χ2n) is 7.58. The zero-order chi connectivity index (χ0) is 23.1. The van der Waals surface area contributed by atoms with Gasteiger partial charge in [0.15, 0.2) is 0 Å². The lowest BCUT2D eigenvalue weighted by Gasteiger charge is -2.27. The highest BCUT2D eigenvalue weighted by molar-refractivity contribution is 6.32. The molecule has 170 valence electrons. The van der Waals surface area contributed by atoms with Crippen molar-refractivity contribution in [3.63, 3.8) is 0 Å². The van der Waals surface area contributed by atoms with Crippen LogP contribution < -0.4 is 10.6 Å². The van der Waals surface area contributed by atoms with E-state index in [1.54, 1.807) is 18.2 Å². The fraction of sp³-hybridized carbons (Fsp3) is 0.348. The van der Waals surface area contributed by atoms with Gasteiger partial charge in [0.05, 0.1) is 12.1 Å². The molecule has 2 aromatic rings. The Hall–Kier alpha value is -2.97. The summed E-state index contributed by atoms with van der Waals surface area (Å²) in [6.45, 7) is 2.64. The number of ether oxygens (including phenoxy) is 1. The van der Waals surface area contributed by atoms with E-state index in [0.717, 1.165) is 50.2 Å². The van der Waals surface area contributed by atoms with Gasteiger partial charge >= 0.3 is 11.9 Å². The van der Waals surface area contributed by atoms with Crippen molar-refractivity contribution >= 4 is 35.1 Å². The van der Waals surface area contributed by atoms with Crippen molar-refractivity contribution in [3.05, 3.63) is 63.9 Å². The number of amides is 2. The number of halogens is 2. The highest BCUT2D eigenvalue weighted by Gasteiger charge is 2.18. The van der Waals surface area contributed by atoms with Gasteiger partial charge in [-0.05, 0) is 67.4 Å². The normalized spacial score (nSPS) is 14.0. The van der Waals surface area contributed by atoms with E-state index < -0.39 is 23.6 Å². The number of nitrogens with zero attached hydrogens (tertiary/aromatic N) is 1. The standard InChI is InChI=1S/C23H25ClFN3O4/c1-32-23(31)22(30)26-13-16-6-5-15(11-17(16)14-28-9-3-2-4-10-28)21(29)27-18-7-8-19(24)20(25)12-18/h5-8,11-12H,2-4,9-10,13-14H2,1H3,(H,26,30)(H,27,29). The summed E-state index contributed by atoms with van der Waals surface area (Å²) < 4.78 is 18.1. The van der Waals surface area contributed by atoms with Crippen LogP contribution in [-0.4, -0.2) is 42.9 Å². The highest BCUT2D eigenvalue weighted by atomic mass is 35.5. The maximum atomic E-state index is 13.7. The Morgan fingerprint density at radius 1 is 1.06 bits per heavy atom. The fourth-order valence-electron chi connectivity index (χ4n) is 3.56. The van der Waals surface area contributed by atoms with Crippen molar-refractivity contribution in [2.75, 3.05) is 25.5 Å². The third-order valence-corrected chi connectivity index (χ3v) is 5.61. The van der Waals surface area contributed by atoms with Gasteiger partial charge in [-0.1, -0.05) is 24.1 Å². The largest absolute Gasteiger partial charge is 0.462 e. The van der Waals surface area contributed by atoms with Crippen molar-refractivity contribution < 1.29 is 23.5 Å². The molecule has 1 saturated heterocycles. The Balaban J connectivity index is 1.79. The van der Waals surface area contributed by atoms with Crippen LogP contribution in [0.25, 0.3) is 0 Å². The number of benzene rings is 2. The molecule has 2 aromatic carbocycles. The van der Waals surface area contributed by atoms with Gasteiger partial charge in [0.2, 0.25) is 0 Å². The number of rotatable bonds is 6. The fourth-order valence-corrected chi connectivity index (χ4v) is 3.68. The van der Waals surface area contributed by atoms with Crippen molar-refractivity contribution in [2.24, 2.45) is 0 Å². The Kier molecular flexibility index (Phi) is 8.19. The molecule has 2 amide bonds. The average Bonchev–Trinajstić information content (AvgIpc) is 2.80. The summed E-state index contributed by atoms with van der Waals surface area (Å²) in [5.74, 6) is -2.81. The molecule has 0 unspecified atom stereocenters. The first-order valence-electron chi connectivity index (χ1n) is 10.3. The molecule has 0 aromatic heterocycles. The molecule has 0 aliphatic carbocycles. The minimum absolute atomic E-state index is 0.0230. The summed E-state index contributed by atoms with van der Waals surface area (Å²) in [6, 6.07) is 9.19. The first kappa shape index (κ1) is 23.7. The van der Waals surface area contributed by atoms with Crippen LogP contribution in [0.3, 0.4) is 0 Å². The van der Waals surface area contributed by atoms with Crippen LogP contribution in [0, 0.1) is 5.82 Å².